The summed E-state index contributed by atoms with van der Waals surface area (Å²) in [6.45, 7) is 1.18. The van der Waals surface area contributed by atoms with E-state index >= 15 is 0 Å². The summed E-state index contributed by atoms with van der Waals surface area (Å²) in [6, 6.07) is 35.5. The molecular weight excluding hydrogens is 605 g/mol. The van der Waals surface area contributed by atoms with Crippen molar-refractivity contribution >= 4 is 0 Å². The average Bonchev–Trinajstić information content (AvgIpc) is 3.08. The molecule has 3 atom stereocenters. The molecule has 0 bridgehead atoms. The Kier molecular flexibility index (Phi) is 10.3. The molecule has 1 unspecified atom stereocenters. The second kappa shape index (κ2) is 15.0. The molecule has 1 N–H and O–H groups in total. The summed E-state index contributed by atoms with van der Waals surface area (Å²) in [7, 11) is 0. The Hall–Kier alpha value is -4.47. The maximum Gasteiger partial charge on any atom is 0.195 e. The zero-order chi connectivity index (χ0) is 32.6. The summed E-state index contributed by atoms with van der Waals surface area (Å²) in [6.07, 6.45) is 0.815. The van der Waals surface area contributed by atoms with Crippen LogP contribution in [0.2, 0.25) is 0 Å². The Bertz CT molecular complexity index is 1730. The summed E-state index contributed by atoms with van der Waals surface area (Å²) in [5, 5.41) is 11.8. The highest BCUT2D eigenvalue weighted by Crippen LogP contribution is 2.38. The Morgan fingerprint density at radius 3 is 1.94 bits per heavy atom. The molecule has 0 amide bonds. The molecule has 0 radical (unpaired) electrons. The second-order valence-corrected chi connectivity index (χ2v) is 11.7. The standard InChI is InChI=1S/C39H35F3O5/c40-35-21-37(42)38(22-36(35)41)46-32-17-13-28(14-18-32)19-27-11-15-31(16-12-27)39(43)23-33(45-25-30-9-5-2-6-10-30)20-34(47-39)26-44-24-29-7-3-1-4-8-29/h1-18,21-22,33-34,43H,19-20,23-26H2/t33-,34-,39?/m0/s1. The summed E-state index contributed by atoms with van der Waals surface area (Å²) in [5.41, 5.74) is 4.69. The quantitative estimate of drug-likeness (QED) is 0.139. The average molecular weight is 641 g/mol. The Balaban J connectivity index is 1.10. The van der Waals surface area contributed by atoms with Crippen molar-refractivity contribution in [2.24, 2.45) is 0 Å². The molecule has 1 heterocycles. The molecule has 1 aliphatic rings. The second-order valence-electron chi connectivity index (χ2n) is 11.7. The van der Waals surface area contributed by atoms with E-state index < -0.39 is 29.0 Å². The third kappa shape index (κ3) is 8.67. The summed E-state index contributed by atoms with van der Waals surface area (Å²) in [5.74, 6) is -5.12. The summed E-state index contributed by atoms with van der Waals surface area (Å²) < 4.78 is 64.7. The van der Waals surface area contributed by atoms with Crippen LogP contribution >= 0.6 is 0 Å². The van der Waals surface area contributed by atoms with Gasteiger partial charge in [-0.05, 0) is 40.8 Å². The van der Waals surface area contributed by atoms with Crippen LogP contribution in [0.1, 0.15) is 40.7 Å². The lowest BCUT2D eigenvalue weighted by molar-refractivity contribution is -0.293. The third-order valence-electron chi connectivity index (χ3n) is 8.07. The molecule has 0 spiro atoms. The number of aliphatic hydroxyl groups is 1. The fourth-order valence-electron chi connectivity index (χ4n) is 5.65. The van der Waals surface area contributed by atoms with Gasteiger partial charge < -0.3 is 24.1 Å². The maximum atomic E-state index is 14.0. The van der Waals surface area contributed by atoms with E-state index in [1.165, 1.54) is 0 Å². The van der Waals surface area contributed by atoms with Crippen molar-refractivity contribution in [2.45, 2.75) is 50.5 Å². The zero-order valence-electron chi connectivity index (χ0n) is 25.7. The lowest BCUT2D eigenvalue weighted by Gasteiger charge is -2.41. The molecule has 1 saturated heterocycles. The lowest BCUT2D eigenvalue weighted by atomic mass is 9.91. The van der Waals surface area contributed by atoms with Gasteiger partial charge in [0.05, 0.1) is 32.0 Å². The fraction of sp³-hybridized carbons (Fsp3) is 0.231. The van der Waals surface area contributed by atoms with E-state index in [1.54, 1.807) is 12.1 Å². The monoisotopic (exact) mass is 640 g/mol. The van der Waals surface area contributed by atoms with Gasteiger partial charge in [-0.15, -0.1) is 0 Å². The van der Waals surface area contributed by atoms with E-state index in [2.05, 4.69) is 0 Å². The van der Waals surface area contributed by atoms with Crippen molar-refractivity contribution < 1.29 is 37.2 Å². The first kappa shape index (κ1) is 32.5. The van der Waals surface area contributed by atoms with E-state index in [-0.39, 0.29) is 24.4 Å². The van der Waals surface area contributed by atoms with Gasteiger partial charge in [0, 0.05) is 30.5 Å². The molecular formula is C39H35F3O5. The highest BCUT2D eigenvalue weighted by Gasteiger charge is 2.42. The molecule has 5 aromatic rings. The molecule has 47 heavy (non-hydrogen) atoms. The lowest BCUT2D eigenvalue weighted by Crippen LogP contribution is -2.46. The largest absolute Gasteiger partial charge is 0.454 e. The first-order valence-electron chi connectivity index (χ1n) is 15.5. The Morgan fingerprint density at radius 2 is 1.28 bits per heavy atom. The van der Waals surface area contributed by atoms with Gasteiger partial charge in [0.25, 0.3) is 0 Å². The summed E-state index contributed by atoms with van der Waals surface area (Å²) in [4.78, 5) is 0. The minimum atomic E-state index is -1.56. The minimum absolute atomic E-state index is 0.250. The Labute approximate surface area is 272 Å². The van der Waals surface area contributed by atoms with Crippen LogP contribution in [0.15, 0.2) is 121 Å². The molecule has 5 aromatic carbocycles. The summed E-state index contributed by atoms with van der Waals surface area (Å²) >= 11 is 0. The fourth-order valence-corrected chi connectivity index (χ4v) is 5.65. The zero-order valence-corrected chi connectivity index (χ0v) is 25.7. The van der Waals surface area contributed by atoms with Crippen LogP contribution in [0.4, 0.5) is 13.2 Å². The smallest absolute Gasteiger partial charge is 0.195 e. The molecule has 1 aliphatic heterocycles. The van der Waals surface area contributed by atoms with Crippen molar-refractivity contribution in [3.05, 3.63) is 167 Å². The van der Waals surface area contributed by atoms with E-state index in [4.69, 9.17) is 18.9 Å². The number of benzene rings is 5. The van der Waals surface area contributed by atoms with Gasteiger partial charge in [0.15, 0.2) is 29.0 Å². The van der Waals surface area contributed by atoms with Crippen LogP contribution in [-0.2, 0) is 39.6 Å². The predicted molar refractivity (Wildman–Crippen MR) is 171 cm³/mol. The van der Waals surface area contributed by atoms with Crippen LogP contribution in [-0.4, -0.2) is 23.9 Å². The van der Waals surface area contributed by atoms with E-state index in [0.717, 1.165) is 22.3 Å². The SMILES string of the molecule is OC1(c2ccc(Cc3ccc(Oc4cc(F)c(F)cc4F)cc3)cc2)C[C@@H](OCc2ccccc2)C[C@@H](COCc2ccccc2)O1. The van der Waals surface area contributed by atoms with Gasteiger partial charge in [0.2, 0.25) is 0 Å². The topological polar surface area (TPSA) is 57.2 Å². The van der Waals surface area contributed by atoms with Crippen LogP contribution in [0.3, 0.4) is 0 Å². The van der Waals surface area contributed by atoms with Gasteiger partial charge in [-0.3, -0.25) is 0 Å². The Morgan fingerprint density at radius 1 is 0.681 bits per heavy atom. The van der Waals surface area contributed by atoms with Gasteiger partial charge in [-0.1, -0.05) is 97.1 Å². The molecule has 0 aromatic heterocycles. The van der Waals surface area contributed by atoms with Gasteiger partial charge in [0.1, 0.15) is 5.75 Å². The van der Waals surface area contributed by atoms with Crippen molar-refractivity contribution in [1.29, 1.82) is 0 Å². The van der Waals surface area contributed by atoms with Crippen LogP contribution in [0.5, 0.6) is 11.5 Å². The van der Waals surface area contributed by atoms with Crippen LogP contribution < -0.4 is 4.74 Å². The number of ether oxygens (including phenoxy) is 4. The predicted octanol–water partition coefficient (Wildman–Crippen LogP) is 8.61. The third-order valence-corrected chi connectivity index (χ3v) is 8.07. The molecule has 6 rings (SSSR count). The van der Waals surface area contributed by atoms with Crippen LogP contribution in [0, 0.1) is 17.5 Å². The molecule has 0 saturated carbocycles. The van der Waals surface area contributed by atoms with Gasteiger partial charge in [-0.25, -0.2) is 13.2 Å². The molecule has 8 heteroatoms. The maximum absolute atomic E-state index is 14.0. The molecule has 242 valence electrons. The molecule has 5 nitrogen and oxygen atoms in total. The number of hydrogen-bond acceptors (Lipinski definition) is 5. The molecule has 0 aliphatic carbocycles. The van der Waals surface area contributed by atoms with Crippen molar-refractivity contribution in [3.8, 4) is 11.5 Å². The minimum Gasteiger partial charge on any atom is -0.454 e. The van der Waals surface area contributed by atoms with E-state index in [9.17, 15) is 18.3 Å². The van der Waals surface area contributed by atoms with E-state index in [1.807, 2.05) is 97.1 Å². The highest BCUT2D eigenvalue weighted by molar-refractivity contribution is 5.37. The van der Waals surface area contributed by atoms with E-state index in [0.29, 0.717) is 50.4 Å². The highest BCUT2D eigenvalue weighted by atomic mass is 19.2. The van der Waals surface area contributed by atoms with Crippen molar-refractivity contribution in [2.75, 3.05) is 6.61 Å². The van der Waals surface area contributed by atoms with Crippen LogP contribution in [0.25, 0.3) is 0 Å². The van der Waals surface area contributed by atoms with Crippen molar-refractivity contribution in [1.82, 2.24) is 0 Å². The van der Waals surface area contributed by atoms with Gasteiger partial charge >= 0.3 is 0 Å². The normalized spacial score (nSPS) is 19.4. The van der Waals surface area contributed by atoms with Gasteiger partial charge in [-0.2, -0.15) is 0 Å². The molecule has 1 fully saturated rings. The number of hydrogen-bond donors (Lipinski definition) is 1. The number of rotatable bonds is 12. The first-order valence-corrected chi connectivity index (χ1v) is 15.5. The number of halogens is 3. The van der Waals surface area contributed by atoms with Crippen molar-refractivity contribution in [3.63, 3.8) is 0 Å². The first-order chi connectivity index (χ1) is 22.8.